The number of benzene rings is 5. The first kappa shape index (κ1) is 103. The number of methoxy groups -OCH3 is 5. The van der Waals surface area contributed by atoms with Gasteiger partial charge < -0.3 is 155 Å². The number of aliphatic hydroxyl groups is 5. The number of Topliss-reactive ketones (excluding diaryl/α,β-unsaturated/α-hetero) is 3. The average Bonchev–Trinajstić information content (AvgIpc) is 1.50. The van der Waals surface area contributed by atoms with E-state index in [1.165, 1.54) is 27.8 Å². The lowest BCUT2D eigenvalue weighted by atomic mass is 9.48. The molecule has 0 aromatic heterocycles. The van der Waals surface area contributed by atoms with Gasteiger partial charge in [-0.15, -0.1) is 0 Å². The predicted molar refractivity (Wildman–Crippen MR) is 531 cm³/mol. The fourth-order valence-electron chi connectivity index (χ4n) is 31.2. The van der Waals surface area contributed by atoms with Crippen LogP contribution >= 0.6 is 0 Å². The van der Waals surface area contributed by atoms with E-state index in [1.54, 1.807) is 40.9 Å². The Kier molecular flexibility index (Phi) is 26.4. The Balaban J connectivity index is 0.000000112. The zero-order valence-electron chi connectivity index (χ0n) is 85.8. The van der Waals surface area contributed by atoms with Crippen molar-refractivity contribution < 1.29 is 146 Å². The summed E-state index contributed by atoms with van der Waals surface area (Å²) in [7, 11) is 18.4. The van der Waals surface area contributed by atoms with Gasteiger partial charge in [0.1, 0.15) is 12.2 Å². The van der Waals surface area contributed by atoms with Crippen LogP contribution < -0.4 is 79.7 Å². The van der Waals surface area contributed by atoms with Crippen LogP contribution in [-0.2, 0) is 112 Å². The molecule has 0 radical (unpaired) electrons. The van der Waals surface area contributed by atoms with Crippen molar-refractivity contribution >= 4 is 70.4 Å². The summed E-state index contributed by atoms with van der Waals surface area (Å²) in [4.78, 5) is 138. The number of ketones is 3. The highest BCUT2D eigenvalue weighted by molar-refractivity contribution is 6.39. The van der Waals surface area contributed by atoms with Crippen LogP contribution in [0.3, 0.4) is 0 Å². The van der Waals surface area contributed by atoms with Gasteiger partial charge in [-0.3, -0.25) is 38.4 Å². The third-order valence-corrected chi connectivity index (χ3v) is 37.9. The van der Waals surface area contributed by atoms with Gasteiger partial charge in [0.15, 0.2) is 88.2 Å². The topological polar surface area (TPSA) is 570 Å². The molecule has 5 aromatic rings. The van der Waals surface area contributed by atoms with Crippen LogP contribution in [-0.4, -0.2) is 380 Å². The van der Waals surface area contributed by atoms with Crippen LogP contribution in [0.5, 0.6) is 57.5 Å². The van der Waals surface area contributed by atoms with Crippen LogP contribution in [0.4, 0.5) is 4.79 Å². The van der Waals surface area contributed by atoms with Crippen molar-refractivity contribution in [2.24, 2.45) is 16.0 Å². The second kappa shape index (κ2) is 38.2. The quantitative estimate of drug-likeness (QED) is 0.0305. The van der Waals surface area contributed by atoms with Crippen molar-refractivity contribution in [3.8, 4) is 57.5 Å². The van der Waals surface area contributed by atoms with E-state index in [-0.39, 0.29) is 78.3 Å². The van der Waals surface area contributed by atoms with Crippen LogP contribution in [0.2, 0.25) is 0 Å². The molecule has 150 heavy (non-hydrogen) atoms. The summed E-state index contributed by atoms with van der Waals surface area (Å²) in [5, 5.41) is 106. The maximum absolute atomic E-state index is 12.7. The zero-order chi connectivity index (χ0) is 106. The number of hydrogen-bond donors (Lipinski definition) is 14. The van der Waals surface area contributed by atoms with E-state index in [1.807, 2.05) is 43.4 Å². The Hall–Kier alpha value is -12.3. The average molecular weight is 2080 g/mol. The minimum Gasteiger partial charge on any atom is -0.493 e. The minimum absolute atomic E-state index is 0.000632. The maximum atomic E-state index is 12.7. The van der Waals surface area contributed by atoms with Gasteiger partial charge in [0.2, 0.25) is 35.9 Å². The lowest BCUT2D eigenvalue weighted by molar-refractivity contribution is -0.187. The standard InChI is InChI=1S/C29H36N6O11.C22H28N2O6.C20H24N2O6.C18H24N2O3.C18H21NO4/c1-35-8-7-28-24-15-3-4-19(44-2)25(24)46-26(28)16(5-6-29(28,43)20(35)9-15)34-45-14-23(40)32-13-22(39)31-12-21(38)30-10-17(36)18(37)11-33-27(41)42;1-24-10-9-21-18-12-3-4-14(29-2)19(18)30-20(21)13(23-16(25)5-6-17(26)27)7-8-22(21,28)15(24)11-12;1-22-8-7-19-16-11-3-4-13(26-2)17(16)28-18(19)12(21-27-10-15(23)24)5-6-20(19,25)14(22)9-11;1-20-8-7-17-14-10-3-4-12(22-2)15(14)23-16(17)11(19)5-6-18(17,21)13(20)9-10;1-19-8-7-17-14-10-3-4-12(22-2)15(14)23-16(17)11(20)5-6-18(17,21)13(19)9-10/h3-4,20,26,33,43H,5-14H2,1-2H3,(H,30,38)(H,31,39)(H,32,40)(H,41,42);3-4,13,15,20,28H,5-11H2,1-2H3,(H,23,25)(H,26,27);3-4,14,18,25H,5-10H2,1-2H3,(H,23,24);3-4,11,13,16,21H,5-9,19H2,1-2H3;3-4,13,16,21H,5-9H2,1-2H3/b34-16+;;21-12+;;/t20?,26-,28-,29+;13-,15?,20-,21-,22+;14?,18-,19-,20+;11-,13?,16-,17-,18+;13?,16-,17-,18+/m00000/s1. The Bertz CT molecular complexity index is 6450. The Labute approximate surface area is 865 Å². The van der Waals surface area contributed by atoms with Crippen LogP contribution in [0.1, 0.15) is 165 Å². The van der Waals surface area contributed by atoms with Gasteiger partial charge in [-0.25, -0.2) is 9.59 Å². The summed E-state index contributed by atoms with van der Waals surface area (Å²) in [5.74, 6) is 0.348. The van der Waals surface area contributed by atoms with E-state index in [4.69, 9.17) is 78.1 Å². The third kappa shape index (κ3) is 15.2. The lowest BCUT2D eigenvalue weighted by Gasteiger charge is -2.63. The first-order chi connectivity index (χ1) is 71.7. The first-order valence-corrected chi connectivity index (χ1v) is 51.9. The van der Waals surface area contributed by atoms with Crippen molar-refractivity contribution in [2.45, 2.75) is 269 Å². The predicted octanol–water partition coefficient (Wildman–Crippen LogP) is 1.23. The zero-order valence-corrected chi connectivity index (χ0v) is 85.8. The van der Waals surface area contributed by atoms with E-state index in [0.29, 0.717) is 122 Å². The number of nitrogens with two attached hydrogens (primary N) is 1. The number of aliphatic carboxylic acids is 2. The van der Waals surface area contributed by atoms with E-state index in [2.05, 4.69) is 109 Å². The number of carbonyl (C=O) groups is 10. The molecule has 43 nitrogen and oxygen atoms in total. The number of rotatable bonds is 24. The molecule has 25 rings (SSSR count). The minimum atomic E-state index is -1.48. The van der Waals surface area contributed by atoms with E-state index in [0.717, 1.165) is 136 Å². The number of piperidine rings is 5. The van der Waals surface area contributed by atoms with Gasteiger partial charge in [-0.05, 0) is 248 Å². The molecule has 15 N–H and O–H groups in total. The number of hydrogen-bond acceptors (Lipinski definition) is 35. The fourth-order valence-corrected chi connectivity index (χ4v) is 31.2. The molecule has 10 aliphatic carbocycles. The van der Waals surface area contributed by atoms with Crippen molar-refractivity contribution in [3.05, 3.63) is 116 Å². The van der Waals surface area contributed by atoms with Gasteiger partial charge in [0.25, 0.3) is 5.91 Å². The third-order valence-electron chi connectivity index (χ3n) is 37.9. The molecule has 43 heteroatoms. The molecule has 5 saturated heterocycles. The van der Waals surface area contributed by atoms with Gasteiger partial charge in [0.05, 0.1) is 141 Å². The van der Waals surface area contributed by atoms with Gasteiger partial charge >= 0.3 is 18.0 Å². The maximum Gasteiger partial charge on any atom is 0.405 e. The molecule has 5 saturated carbocycles. The largest absolute Gasteiger partial charge is 0.493 e. The number of amides is 5. The summed E-state index contributed by atoms with van der Waals surface area (Å²) >= 11 is 0. The molecule has 5 amide bonds. The molecule has 10 fully saturated rings. The molecule has 806 valence electrons. The molecule has 20 aliphatic rings. The highest BCUT2D eigenvalue weighted by Gasteiger charge is 2.79. The van der Waals surface area contributed by atoms with Crippen molar-refractivity contribution in [2.75, 3.05) is 143 Å². The molecule has 5 aromatic carbocycles. The van der Waals surface area contributed by atoms with E-state index < -0.39 is 161 Å². The number of likely N-dealkylation sites (N-methyl/N-ethyl adjacent to an activating group) is 5. The first-order valence-electron chi connectivity index (χ1n) is 51.9. The van der Waals surface area contributed by atoms with Crippen LogP contribution in [0.25, 0.3) is 0 Å². The molecular weight excluding hydrogens is 1950 g/mol. The molecule has 22 atom stereocenters. The number of carboxylic acid groups (broad SMARTS) is 3. The van der Waals surface area contributed by atoms with Gasteiger partial charge in [-0.2, -0.15) is 0 Å². The Morgan fingerprint density at radius 1 is 0.373 bits per heavy atom. The second-order valence-corrected chi connectivity index (χ2v) is 44.2. The Morgan fingerprint density at radius 2 is 0.700 bits per heavy atom. The number of likely N-dealkylation sites (tertiary alicyclic amines) is 5. The number of carbonyl (C=O) groups excluding carboxylic acids is 7. The molecular formula is C107H133N13O30. The lowest BCUT2D eigenvalue weighted by Crippen LogP contribution is -2.77. The summed E-state index contributed by atoms with van der Waals surface area (Å²) in [5.41, 5.74) is 11.3. The van der Waals surface area contributed by atoms with E-state index in [9.17, 15) is 73.5 Å². The second-order valence-electron chi connectivity index (χ2n) is 44.2. The Morgan fingerprint density at radius 3 is 1.09 bits per heavy atom. The smallest absolute Gasteiger partial charge is 0.405 e. The number of nitrogens with zero attached hydrogens (tertiary/aromatic N) is 7. The van der Waals surface area contributed by atoms with Crippen LogP contribution in [0, 0.1) is 0 Å². The van der Waals surface area contributed by atoms with Crippen LogP contribution in [0.15, 0.2) is 71.0 Å². The normalized spacial score (nSPS) is 35.0. The number of oxime groups is 2. The van der Waals surface area contributed by atoms with Gasteiger partial charge in [-0.1, -0.05) is 40.6 Å². The summed E-state index contributed by atoms with van der Waals surface area (Å²) < 4.78 is 59.7. The number of carboxylic acids is 2. The van der Waals surface area contributed by atoms with Crippen molar-refractivity contribution in [1.29, 1.82) is 0 Å². The monoisotopic (exact) mass is 2080 g/mol. The molecule has 10 heterocycles. The molecule has 5 unspecified atom stereocenters. The molecule has 10 aliphatic heterocycles. The molecule has 10 bridgehead atoms. The van der Waals surface area contributed by atoms with E-state index >= 15 is 0 Å². The van der Waals surface area contributed by atoms with Crippen molar-refractivity contribution in [3.63, 3.8) is 0 Å². The highest BCUT2D eigenvalue weighted by atomic mass is 16.6. The summed E-state index contributed by atoms with van der Waals surface area (Å²) in [6.07, 6.45) is 9.11. The summed E-state index contributed by atoms with van der Waals surface area (Å²) in [6, 6.07) is 19.8. The fraction of sp³-hybridized carbons (Fsp3) is 0.607. The SMILES string of the molecule is COc1ccc2c3c1O[C@H]1/C(=N/OCC(=O)NCC(=O)NCC(=O)NCC(=O)C(=O)CNC(=O)O)CC[C@@]4(O)C(C2)N(C)CC[C@]314.COc1ccc2c3c1O[C@H]1/C(=N/OCC(=O)O)CC[C@@]4(O)C(C2)N(C)CC[C@]314.COc1ccc2c3c1O[C@H]1C(=O)CC[C@@]4(O)C(C2)N(C)CC[C@]314.COc1ccc2c3c1O[C@H]1[C@@H](N)CC[C@@]4(O)C(C2)N(C)CC[C@]314.COc1ccc2c3c1O[C@H]1[C@@H](NC(=O)CCC(=O)O)CC[C@@]4(O)C(C2)N(C)CC[C@]314. The number of nitrogens with one attached hydrogen (secondary N) is 5. The molecule has 5 spiro atoms. The number of ether oxygens (including phenoxy) is 10. The highest BCUT2D eigenvalue weighted by Crippen LogP contribution is 2.72. The van der Waals surface area contributed by atoms with Crippen molar-refractivity contribution in [1.82, 2.24) is 51.1 Å². The summed E-state index contributed by atoms with van der Waals surface area (Å²) in [6.45, 7) is 0.872. The van der Waals surface area contributed by atoms with Gasteiger partial charge in [0, 0.05) is 76.9 Å².